The Kier molecular flexibility index (Phi) is 2.99. The zero-order valence-corrected chi connectivity index (χ0v) is 12.8. The molecule has 1 N–H and O–H groups in total. The second-order valence-corrected chi connectivity index (χ2v) is 12.0. The van der Waals surface area contributed by atoms with E-state index in [2.05, 4.69) is 33.9 Å². The Balaban J connectivity index is 3.17. The standard InChI is InChI=1S/C12H23NO3Si/c1-11(2,3)17(6,7)13-8(9(14)15)12(4,5)10(13)16/h8H,1-7H3,(H,14,15). The van der Waals surface area contributed by atoms with Crippen molar-refractivity contribution >= 4 is 20.1 Å². The summed E-state index contributed by atoms with van der Waals surface area (Å²) in [6, 6.07) is -0.670. The Labute approximate surface area is 104 Å². The van der Waals surface area contributed by atoms with E-state index in [1.165, 1.54) is 0 Å². The van der Waals surface area contributed by atoms with Gasteiger partial charge in [-0.3, -0.25) is 4.79 Å². The number of aliphatic carboxylic acids is 1. The van der Waals surface area contributed by atoms with Gasteiger partial charge < -0.3 is 9.67 Å². The van der Waals surface area contributed by atoms with Crippen LogP contribution in [0.4, 0.5) is 0 Å². The lowest BCUT2D eigenvalue weighted by Gasteiger charge is -2.60. The Morgan fingerprint density at radius 3 is 2.06 bits per heavy atom. The molecule has 1 heterocycles. The largest absolute Gasteiger partial charge is 0.480 e. The summed E-state index contributed by atoms with van der Waals surface area (Å²) in [6.45, 7) is 13.8. The first kappa shape index (κ1) is 14.2. The lowest BCUT2D eigenvalue weighted by molar-refractivity contribution is -0.172. The summed E-state index contributed by atoms with van der Waals surface area (Å²) in [7, 11) is -2.10. The normalized spacial score (nSPS) is 24.5. The summed E-state index contributed by atoms with van der Waals surface area (Å²) in [5.74, 6) is -0.907. The highest BCUT2D eigenvalue weighted by Crippen LogP contribution is 2.49. The first-order valence-corrected chi connectivity index (χ1v) is 8.86. The summed E-state index contributed by atoms with van der Waals surface area (Å²) in [6.07, 6.45) is 0. The van der Waals surface area contributed by atoms with Crippen molar-refractivity contribution in [1.29, 1.82) is 0 Å². The van der Waals surface area contributed by atoms with Crippen LogP contribution < -0.4 is 0 Å². The maximum atomic E-state index is 12.2. The number of hydrogen-bond acceptors (Lipinski definition) is 2. The number of carboxylic acids is 1. The second kappa shape index (κ2) is 3.57. The molecule has 0 aromatic rings. The van der Waals surface area contributed by atoms with Crippen molar-refractivity contribution < 1.29 is 14.7 Å². The van der Waals surface area contributed by atoms with Gasteiger partial charge in [-0.05, 0) is 18.9 Å². The van der Waals surface area contributed by atoms with Crippen LogP contribution in [0, 0.1) is 5.41 Å². The quantitative estimate of drug-likeness (QED) is 0.610. The van der Waals surface area contributed by atoms with Crippen LogP contribution in [0.1, 0.15) is 34.6 Å². The van der Waals surface area contributed by atoms with Crippen LogP contribution in [0.25, 0.3) is 0 Å². The van der Waals surface area contributed by atoms with Crippen LogP contribution >= 0.6 is 0 Å². The molecule has 1 amide bonds. The van der Waals surface area contributed by atoms with E-state index < -0.39 is 25.7 Å². The van der Waals surface area contributed by atoms with Crippen LogP contribution in [0.3, 0.4) is 0 Å². The van der Waals surface area contributed by atoms with Crippen LogP contribution in [0.5, 0.6) is 0 Å². The summed E-state index contributed by atoms with van der Waals surface area (Å²) >= 11 is 0. The van der Waals surface area contributed by atoms with Crippen molar-refractivity contribution in [2.75, 3.05) is 0 Å². The van der Waals surface area contributed by atoms with Crippen molar-refractivity contribution in [2.45, 2.75) is 58.8 Å². The second-order valence-electron chi connectivity index (χ2n) is 6.95. The predicted molar refractivity (Wildman–Crippen MR) is 69.2 cm³/mol. The molecule has 1 fully saturated rings. The summed E-state index contributed by atoms with van der Waals surface area (Å²) < 4.78 is 1.66. The minimum atomic E-state index is -2.10. The smallest absolute Gasteiger partial charge is 0.326 e. The van der Waals surface area contributed by atoms with Crippen molar-refractivity contribution in [3.05, 3.63) is 0 Å². The van der Waals surface area contributed by atoms with E-state index in [-0.39, 0.29) is 10.9 Å². The fraction of sp³-hybridized carbons (Fsp3) is 0.833. The third-order valence-corrected chi connectivity index (χ3v) is 9.72. The molecule has 1 atom stereocenters. The highest BCUT2D eigenvalue weighted by atomic mass is 28.3. The number of amides is 1. The fourth-order valence-corrected chi connectivity index (χ4v) is 4.76. The van der Waals surface area contributed by atoms with Crippen molar-refractivity contribution in [3.8, 4) is 0 Å². The number of nitrogens with zero attached hydrogens (tertiary/aromatic N) is 1. The van der Waals surface area contributed by atoms with Crippen LogP contribution in [0.15, 0.2) is 0 Å². The molecule has 1 saturated heterocycles. The van der Waals surface area contributed by atoms with Gasteiger partial charge in [-0.15, -0.1) is 0 Å². The van der Waals surface area contributed by atoms with E-state index >= 15 is 0 Å². The van der Waals surface area contributed by atoms with E-state index in [4.69, 9.17) is 0 Å². The van der Waals surface area contributed by atoms with Gasteiger partial charge in [0.2, 0.25) is 5.91 Å². The highest BCUT2D eigenvalue weighted by Gasteiger charge is 2.64. The average molecular weight is 257 g/mol. The van der Waals surface area contributed by atoms with Crippen molar-refractivity contribution in [1.82, 2.24) is 4.57 Å². The zero-order chi connectivity index (χ0) is 13.8. The van der Waals surface area contributed by atoms with E-state index in [1.54, 1.807) is 18.4 Å². The van der Waals surface area contributed by atoms with Gasteiger partial charge in [-0.1, -0.05) is 33.9 Å². The van der Waals surface area contributed by atoms with Gasteiger partial charge >= 0.3 is 5.97 Å². The number of hydrogen-bond donors (Lipinski definition) is 1. The number of carbonyl (C=O) groups is 2. The van der Waals surface area contributed by atoms with Crippen molar-refractivity contribution in [3.63, 3.8) is 0 Å². The molecule has 0 bridgehead atoms. The molecule has 0 aliphatic carbocycles. The maximum Gasteiger partial charge on any atom is 0.326 e. The van der Waals surface area contributed by atoms with Gasteiger partial charge in [0.1, 0.15) is 6.04 Å². The average Bonchev–Trinajstić information content (AvgIpc) is 2.09. The SMILES string of the molecule is CC1(C)C(=O)N([Si](C)(C)C(C)(C)C)C1C(=O)O. The van der Waals surface area contributed by atoms with Gasteiger partial charge in [-0.25, -0.2) is 4.79 Å². The molecule has 5 heteroatoms. The molecule has 98 valence electrons. The highest BCUT2D eigenvalue weighted by molar-refractivity contribution is 6.80. The van der Waals surface area contributed by atoms with Gasteiger partial charge in [0, 0.05) is 0 Å². The first-order chi connectivity index (χ1) is 7.35. The molecule has 1 aliphatic rings. The number of β-lactam (4-membered cyclic amide) rings is 1. The lowest BCUT2D eigenvalue weighted by Crippen LogP contribution is -2.78. The first-order valence-electron chi connectivity index (χ1n) is 5.91. The van der Waals surface area contributed by atoms with Gasteiger partial charge in [0.05, 0.1) is 5.41 Å². The molecule has 4 nitrogen and oxygen atoms in total. The molecule has 1 rings (SSSR count). The monoisotopic (exact) mass is 257 g/mol. The molecule has 17 heavy (non-hydrogen) atoms. The van der Waals surface area contributed by atoms with Crippen LogP contribution in [0.2, 0.25) is 18.1 Å². The van der Waals surface area contributed by atoms with E-state index in [1.807, 2.05) is 0 Å². The third kappa shape index (κ3) is 1.80. The van der Waals surface area contributed by atoms with Crippen molar-refractivity contribution in [2.24, 2.45) is 5.41 Å². The number of carbonyl (C=O) groups excluding carboxylic acids is 1. The summed E-state index contributed by atoms with van der Waals surface area (Å²) in [5.41, 5.74) is -0.763. The predicted octanol–water partition coefficient (Wildman–Crippen LogP) is 2.31. The Morgan fingerprint density at radius 1 is 1.35 bits per heavy atom. The number of carboxylic acid groups (broad SMARTS) is 1. The minimum absolute atomic E-state index is 0.0171. The minimum Gasteiger partial charge on any atom is -0.480 e. The van der Waals surface area contributed by atoms with Crippen LogP contribution in [-0.4, -0.2) is 35.8 Å². The molecule has 0 saturated carbocycles. The molecular formula is C12H23NO3Si. The van der Waals surface area contributed by atoms with Gasteiger partial charge in [-0.2, -0.15) is 0 Å². The summed E-state index contributed by atoms with van der Waals surface area (Å²) in [4.78, 5) is 23.5. The Morgan fingerprint density at radius 2 is 1.76 bits per heavy atom. The molecule has 0 aromatic carbocycles. The van der Waals surface area contributed by atoms with E-state index in [9.17, 15) is 14.7 Å². The Hall–Kier alpha value is -0.843. The molecule has 0 spiro atoms. The fourth-order valence-electron chi connectivity index (χ4n) is 2.16. The van der Waals surface area contributed by atoms with E-state index in [0.717, 1.165) is 0 Å². The zero-order valence-electron chi connectivity index (χ0n) is 11.8. The summed E-state index contributed by atoms with van der Waals surface area (Å²) in [5, 5.41) is 9.28. The topological polar surface area (TPSA) is 57.6 Å². The number of rotatable bonds is 2. The molecule has 0 aromatic heterocycles. The van der Waals surface area contributed by atoms with Gasteiger partial charge in [0.15, 0.2) is 8.24 Å². The van der Waals surface area contributed by atoms with Crippen LogP contribution in [-0.2, 0) is 9.59 Å². The Bertz CT molecular complexity index is 368. The molecule has 1 aliphatic heterocycles. The molecular weight excluding hydrogens is 234 g/mol. The maximum absolute atomic E-state index is 12.2. The lowest BCUT2D eigenvalue weighted by atomic mass is 9.76. The molecule has 0 radical (unpaired) electrons. The van der Waals surface area contributed by atoms with Gasteiger partial charge in [0.25, 0.3) is 0 Å². The van der Waals surface area contributed by atoms with E-state index in [0.29, 0.717) is 0 Å². The molecule has 1 unspecified atom stereocenters. The third-order valence-electron chi connectivity index (χ3n) is 4.38.